The molecule has 1 aliphatic rings. The van der Waals surface area contributed by atoms with Gasteiger partial charge in [0.25, 0.3) is 5.69 Å². The van der Waals surface area contributed by atoms with Gasteiger partial charge in [0.2, 0.25) is 0 Å². The van der Waals surface area contributed by atoms with Crippen LogP contribution in [0.2, 0.25) is 0 Å². The minimum absolute atomic E-state index is 0.0296. The Morgan fingerprint density at radius 2 is 2.21 bits per heavy atom. The molecule has 1 heterocycles. The summed E-state index contributed by atoms with van der Waals surface area (Å²) in [5.74, 6) is 0.565. The minimum Gasteiger partial charge on any atom is -0.367 e. The van der Waals surface area contributed by atoms with Crippen LogP contribution in [0, 0.1) is 27.4 Å². The molecule has 0 aromatic heterocycles. The Labute approximate surface area is 112 Å². The highest BCUT2D eigenvalue weighted by Crippen LogP contribution is 2.32. The van der Waals surface area contributed by atoms with E-state index in [1.54, 1.807) is 6.07 Å². The van der Waals surface area contributed by atoms with Crippen molar-refractivity contribution < 1.29 is 4.92 Å². The maximum absolute atomic E-state index is 10.8. The van der Waals surface area contributed by atoms with Crippen molar-refractivity contribution in [1.29, 1.82) is 5.26 Å². The lowest BCUT2D eigenvalue weighted by molar-refractivity contribution is -0.384. The van der Waals surface area contributed by atoms with Gasteiger partial charge in [0.05, 0.1) is 16.2 Å². The molecule has 0 saturated carbocycles. The predicted molar refractivity (Wildman–Crippen MR) is 73.0 cm³/mol. The smallest absolute Gasteiger partial charge is 0.270 e. The summed E-state index contributed by atoms with van der Waals surface area (Å²) >= 11 is 0. The molecule has 1 aromatic rings. The predicted octanol–water partition coefficient (Wildman–Crippen LogP) is 3.09. The van der Waals surface area contributed by atoms with Crippen molar-refractivity contribution in [3.05, 3.63) is 33.9 Å². The Morgan fingerprint density at radius 3 is 2.84 bits per heavy atom. The van der Waals surface area contributed by atoms with E-state index in [1.807, 2.05) is 0 Å². The Hall–Kier alpha value is -2.09. The summed E-state index contributed by atoms with van der Waals surface area (Å²) < 4.78 is 0. The molecule has 0 spiro atoms. The third-order valence-electron chi connectivity index (χ3n) is 3.99. The second-order valence-electron chi connectivity index (χ2n) is 5.12. The number of rotatable bonds is 2. The van der Waals surface area contributed by atoms with Gasteiger partial charge in [-0.1, -0.05) is 6.92 Å². The lowest BCUT2D eigenvalue weighted by atomic mass is 9.91. The molecule has 100 valence electrons. The number of anilines is 1. The van der Waals surface area contributed by atoms with Crippen LogP contribution in [-0.2, 0) is 0 Å². The monoisotopic (exact) mass is 259 g/mol. The van der Waals surface area contributed by atoms with E-state index < -0.39 is 4.92 Å². The Morgan fingerprint density at radius 1 is 1.47 bits per heavy atom. The van der Waals surface area contributed by atoms with Gasteiger partial charge in [-0.15, -0.1) is 0 Å². The van der Waals surface area contributed by atoms with Crippen LogP contribution >= 0.6 is 0 Å². The van der Waals surface area contributed by atoms with Crippen LogP contribution in [0.1, 0.15) is 32.3 Å². The molecule has 5 nitrogen and oxygen atoms in total. The van der Waals surface area contributed by atoms with E-state index in [1.165, 1.54) is 18.6 Å². The summed E-state index contributed by atoms with van der Waals surface area (Å²) in [5.41, 5.74) is 1.17. The van der Waals surface area contributed by atoms with Crippen LogP contribution in [0.5, 0.6) is 0 Å². The van der Waals surface area contributed by atoms with E-state index >= 15 is 0 Å². The van der Waals surface area contributed by atoms with Crippen molar-refractivity contribution in [2.45, 2.75) is 32.7 Å². The molecule has 1 saturated heterocycles. The van der Waals surface area contributed by atoms with Crippen LogP contribution in [0.25, 0.3) is 0 Å². The fourth-order valence-corrected chi connectivity index (χ4v) is 2.65. The fourth-order valence-electron chi connectivity index (χ4n) is 2.65. The number of hydrogen-bond donors (Lipinski definition) is 0. The van der Waals surface area contributed by atoms with Crippen molar-refractivity contribution >= 4 is 11.4 Å². The summed E-state index contributed by atoms with van der Waals surface area (Å²) in [5, 5.41) is 20.0. The number of nitriles is 1. The molecule has 0 aliphatic carbocycles. The van der Waals surface area contributed by atoms with E-state index in [-0.39, 0.29) is 5.69 Å². The molecule has 0 bridgehead atoms. The Kier molecular flexibility index (Phi) is 3.70. The van der Waals surface area contributed by atoms with Gasteiger partial charge in [-0.3, -0.25) is 10.1 Å². The van der Waals surface area contributed by atoms with Gasteiger partial charge in [0.1, 0.15) is 6.07 Å². The number of benzene rings is 1. The number of nitro groups is 1. The molecule has 5 heteroatoms. The second kappa shape index (κ2) is 5.27. The van der Waals surface area contributed by atoms with E-state index in [0.717, 1.165) is 18.7 Å². The standard InChI is InChI=1S/C14H17N3O2/c1-10-4-3-7-16(11(10)2)14-6-5-13(17(18)19)8-12(14)9-15/h5-6,8,10-11H,3-4,7H2,1-2H3. The Bertz CT molecular complexity index is 536. The van der Waals surface area contributed by atoms with Gasteiger partial charge in [0, 0.05) is 24.7 Å². The molecular weight excluding hydrogens is 242 g/mol. The second-order valence-corrected chi connectivity index (χ2v) is 5.12. The third-order valence-corrected chi connectivity index (χ3v) is 3.99. The summed E-state index contributed by atoms with van der Waals surface area (Å²) in [6.45, 7) is 5.25. The first kappa shape index (κ1) is 13.3. The van der Waals surface area contributed by atoms with Gasteiger partial charge in [0.15, 0.2) is 0 Å². The van der Waals surface area contributed by atoms with Crippen LogP contribution in [0.4, 0.5) is 11.4 Å². The first-order chi connectivity index (χ1) is 9.04. The van der Waals surface area contributed by atoms with Crippen LogP contribution in [-0.4, -0.2) is 17.5 Å². The first-order valence-electron chi connectivity index (χ1n) is 6.49. The van der Waals surface area contributed by atoms with Crippen LogP contribution < -0.4 is 4.90 Å². The molecule has 0 amide bonds. The molecule has 2 unspecified atom stereocenters. The average Bonchev–Trinajstić information content (AvgIpc) is 2.41. The highest BCUT2D eigenvalue weighted by Gasteiger charge is 2.27. The number of hydrogen-bond acceptors (Lipinski definition) is 4. The molecule has 19 heavy (non-hydrogen) atoms. The highest BCUT2D eigenvalue weighted by atomic mass is 16.6. The zero-order valence-electron chi connectivity index (χ0n) is 11.2. The minimum atomic E-state index is -0.465. The van der Waals surface area contributed by atoms with E-state index in [0.29, 0.717) is 17.5 Å². The molecular formula is C14H17N3O2. The van der Waals surface area contributed by atoms with Gasteiger partial charge in [-0.25, -0.2) is 0 Å². The Balaban J connectivity index is 2.39. The zero-order valence-corrected chi connectivity index (χ0v) is 11.2. The zero-order chi connectivity index (χ0) is 14.0. The van der Waals surface area contributed by atoms with E-state index in [9.17, 15) is 15.4 Å². The largest absolute Gasteiger partial charge is 0.367 e. The lowest BCUT2D eigenvalue weighted by Crippen LogP contribution is -2.42. The van der Waals surface area contributed by atoms with Gasteiger partial charge < -0.3 is 4.90 Å². The molecule has 2 atom stereocenters. The normalized spacial score (nSPS) is 22.9. The van der Waals surface area contributed by atoms with Gasteiger partial charge in [-0.2, -0.15) is 5.26 Å². The quantitative estimate of drug-likeness (QED) is 0.604. The van der Waals surface area contributed by atoms with Crippen molar-refractivity contribution in [2.75, 3.05) is 11.4 Å². The first-order valence-corrected chi connectivity index (χ1v) is 6.49. The summed E-state index contributed by atoms with van der Waals surface area (Å²) in [6.07, 6.45) is 2.28. The van der Waals surface area contributed by atoms with Crippen molar-refractivity contribution in [3.63, 3.8) is 0 Å². The van der Waals surface area contributed by atoms with Crippen LogP contribution in [0.15, 0.2) is 18.2 Å². The van der Waals surface area contributed by atoms with Crippen molar-refractivity contribution in [1.82, 2.24) is 0 Å². The number of nitrogens with zero attached hydrogens (tertiary/aromatic N) is 3. The molecule has 0 N–H and O–H groups in total. The van der Waals surface area contributed by atoms with Gasteiger partial charge >= 0.3 is 0 Å². The SMILES string of the molecule is CC1CCCN(c2ccc([N+](=O)[O-])cc2C#N)C1C. The molecule has 1 aliphatic heterocycles. The number of piperidine rings is 1. The topological polar surface area (TPSA) is 70.2 Å². The fraction of sp³-hybridized carbons (Fsp3) is 0.500. The summed E-state index contributed by atoms with van der Waals surface area (Å²) in [7, 11) is 0. The lowest BCUT2D eigenvalue weighted by Gasteiger charge is -2.40. The molecule has 0 radical (unpaired) electrons. The van der Waals surface area contributed by atoms with Gasteiger partial charge in [-0.05, 0) is 31.7 Å². The molecule has 2 rings (SSSR count). The number of non-ortho nitro benzene ring substituents is 1. The van der Waals surface area contributed by atoms with Crippen molar-refractivity contribution in [2.24, 2.45) is 5.92 Å². The molecule has 1 fully saturated rings. The maximum atomic E-state index is 10.8. The maximum Gasteiger partial charge on any atom is 0.270 e. The highest BCUT2D eigenvalue weighted by molar-refractivity contribution is 5.63. The van der Waals surface area contributed by atoms with E-state index in [2.05, 4.69) is 24.8 Å². The summed E-state index contributed by atoms with van der Waals surface area (Å²) in [4.78, 5) is 12.5. The van der Waals surface area contributed by atoms with E-state index in [4.69, 9.17) is 0 Å². The molecule has 1 aromatic carbocycles. The third kappa shape index (κ3) is 2.53. The average molecular weight is 259 g/mol. The van der Waals surface area contributed by atoms with Crippen LogP contribution in [0.3, 0.4) is 0 Å². The van der Waals surface area contributed by atoms with Crippen molar-refractivity contribution in [3.8, 4) is 6.07 Å². The number of nitro benzene ring substituents is 1. The summed E-state index contributed by atoms with van der Waals surface area (Å²) in [6, 6.07) is 6.96.